The highest BCUT2D eigenvalue weighted by Gasteiger charge is 2.28. The minimum absolute atomic E-state index is 0.0601. The number of carbonyl (C=O) groups excluding carboxylic acids is 1. The molecule has 0 spiro atoms. The molecule has 4 heteroatoms. The third-order valence-corrected chi connectivity index (χ3v) is 4.75. The summed E-state index contributed by atoms with van der Waals surface area (Å²) in [5.41, 5.74) is 3.14. The van der Waals surface area contributed by atoms with E-state index in [1.54, 1.807) is 11.0 Å². The van der Waals surface area contributed by atoms with Crippen LogP contribution in [0, 0.1) is 5.82 Å². The van der Waals surface area contributed by atoms with Crippen molar-refractivity contribution in [1.29, 1.82) is 0 Å². The van der Waals surface area contributed by atoms with Gasteiger partial charge in [-0.2, -0.15) is 0 Å². The molecule has 1 amide bonds. The van der Waals surface area contributed by atoms with Crippen molar-refractivity contribution < 1.29 is 13.9 Å². The van der Waals surface area contributed by atoms with Crippen LogP contribution in [0.5, 0.6) is 0 Å². The van der Waals surface area contributed by atoms with E-state index in [9.17, 15) is 9.18 Å². The first-order valence-electron chi connectivity index (χ1n) is 8.01. The number of ether oxygens (including phenoxy) is 1. The Morgan fingerprint density at radius 2 is 2.09 bits per heavy atom. The molecular weight excluding hydrogens is 293 g/mol. The van der Waals surface area contributed by atoms with E-state index in [0.29, 0.717) is 35.7 Å². The number of halogens is 1. The van der Waals surface area contributed by atoms with E-state index in [4.69, 9.17) is 4.74 Å². The van der Waals surface area contributed by atoms with E-state index >= 15 is 0 Å². The predicted octanol–water partition coefficient (Wildman–Crippen LogP) is 3.53. The highest BCUT2D eigenvalue weighted by Crippen LogP contribution is 2.32. The van der Waals surface area contributed by atoms with Gasteiger partial charge in [0.15, 0.2) is 0 Å². The van der Waals surface area contributed by atoms with E-state index in [1.165, 1.54) is 6.07 Å². The van der Waals surface area contributed by atoms with Crippen LogP contribution in [0.25, 0.3) is 0 Å². The first-order chi connectivity index (χ1) is 11.2. The molecule has 0 aromatic heterocycles. The van der Waals surface area contributed by atoms with Gasteiger partial charge < -0.3 is 9.64 Å². The molecular formula is C19H18FNO2. The maximum absolute atomic E-state index is 13.8. The van der Waals surface area contributed by atoms with Crippen molar-refractivity contribution in [1.82, 2.24) is 0 Å². The number of carbonyl (C=O) groups is 1. The number of hydrogen-bond acceptors (Lipinski definition) is 2. The van der Waals surface area contributed by atoms with Gasteiger partial charge in [0.2, 0.25) is 0 Å². The third-order valence-electron chi connectivity index (χ3n) is 4.75. The van der Waals surface area contributed by atoms with Gasteiger partial charge in [-0.15, -0.1) is 0 Å². The molecule has 0 radical (unpaired) electrons. The maximum Gasteiger partial charge on any atom is 0.258 e. The number of rotatable bonds is 2. The van der Waals surface area contributed by atoms with Gasteiger partial charge in [-0.1, -0.05) is 18.2 Å². The highest BCUT2D eigenvalue weighted by molar-refractivity contribution is 6.07. The topological polar surface area (TPSA) is 29.5 Å². The molecule has 0 bridgehead atoms. The van der Waals surface area contributed by atoms with Gasteiger partial charge in [0.05, 0.1) is 12.3 Å². The summed E-state index contributed by atoms with van der Waals surface area (Å²) in [4.78, 5) is 14.5. The molecule has 0 N–H and O–H groups in total. The predicted molar refractivity (Wildman–Crippen MR) is 86.4 cm³/mol. The summed E-state index contributed by atoms with van der Waals surface area (Å²) in [5, 5.41) is 0. The molecule has 118 valence electrons. The Morgan fingerprint density at radius 3 is 2.91 bits per heavy atom. The van der Waals surface area contributed by atoms with E-state index in [1.807, 2.05) is 30.3 Å². The largest absolute Gasteiger partial charge is 0.381 e. The van der Waals surface area contributed by atoms with Crippen molar-refractivity contribution in [2.45, 2.75) is 18.8 Å². The summed E-state index contributed by atoms with van der Waals surface area (Å²) in [6, 6.07) is 12.7. The van der Waals surface area contributed by atoms with E-state index in [2.05, 4.69) is 0 Å². The minimum atomic E-state index is -0.227. The van der Waals surface area contributed by atoms with Gasteiger partial charge in [-0.25, -0.2) is 4.39 Å². The van der Waals surface area contributed by atoms with Crippen LogP contribution in [0.2, 0.25) is 0 Å². The Labute approximate surface area is 134 Å². The first kappa shape index (κ1) is 14.4. The molecule has 1 unspecified atom stereocenters. The number of amides is 1. The Kier molecular flexibility index (Phi) is 3.62. The number of anilines is 1. The van der Waals surface area contributed by atoms with Crippen molar-refractivity contribution in [3.63, 3.8) is 0 Å². The molecule has 4 rings (SSSR count). The Hall–Kier alpha value is -2.20. The summed E-state index contributed by atoms with van der Waals surface area (Å²) >= 11 is 0. The second-order valence-corrected chi connectivity index (χ2v) is 6.13. The second-order valence-electron chi connectivity index (χ2n) is 6.13. The van der Waals surface area contributed by atoms with Crippen LogP contribution in [-0.2, 0) is 11.2 Å². The fourth-order valence-electron chi connectivity index (χ4n) is 3.48. The lowest BCUT2D eigenvalue weighted by Crippen LogP contribution is -2.29. The van der Waals surface area contributed by atoms with Crippen LogP contribution < -0.4 is 4.90 Å². The molecule has 2 aliphatic heterocycles. The number of hydrogen-bond donors (Lipinski definition) is 0. The molecule has 1 saturated heterocycles. The molecule has 1 atom stereocenters. The maximum atomic E-state index is 13.8. The summed E-state index contributed by atoms with van der Waals surface area (Å²) in [6.07, 6.45) is 1.57. The summed E-state index contributed by atoms with van der Waals surface area (Å²) in [6.45, 7) is 2.03. The minimum Gasteiger partial charge on any atom is -0.381 e. The molecule has 2 aromatic carbocycles. The standard InChI is InChI=1S/C19H18FNO2/c20-17-5-2-6-18-16(17)7-9-21(18)19(22)14-4-1-3-13(11-14)15-8-10-23-12-15/h1-6,11,15H,7-10,12H2. The quantitative estimate of drug-likeness (QED) is 0.849. The molecule has 3 nitrogen and oxygen atoms in total. The third kappa shape index (κ3) is 2.53. The fraction of sp³-hybridized carbons (Fsp3) is 0.316. The van der Waals surface area contributed by atoms with Crippen LogP contribution in [0.1, 0.15) is 33.8 Å². The monoisotopic (exact) mass is 311 g/mol. The van der Waals surface area contributed by atoms with Crippen LogP contribution in [0.15, 0.2) is 42.5 Å². The molecule has 2 aromatic rings. The molecule has 1 fully saturated rings. The average Bonchev–Trinajstić information content (AvgIpc) is 3.25. The van der Waals surface area contributed by atoms with Crippen molar-refractivity contribution in [2.24, 2.45) is 0 Å². The first-order valence-corrected chi connectivity index (χ1v) is 8.01. The van der Waals surface area contributed by atoms with Gasteiger partial charge in [-0.05, 0) is 42.7 Å². The van der Waals surface area contributed by atoms with Crippen LogP contribution in [0.4, 0.5) is 10.1 Å². The van der Waals surface area contributed by atoms with Crippen molar-refractivity contribution >= 4 is 11.6 Å². The fourth-order valence-corrected chi connectivity index (χ4v) is 3.48. The number of benzene rings is 2. The Bertz CT molecular complexity index is 753. The highest BCUT2D eigenvalue weighted by atomic mass is 19.1. The molecule has 2 heterocycles. The van der Waals surface area contributed by atoms with Gasteiger partial charge in [0.25, 0.3) is 5.91 Å². The zero-order valence-corrected chi connectivity index (χ0v) is 12.8. The molecule has 0 saturated carbocycles. The van der Waals surface area contributed by atoms with Crippen LogP contribution in [0.3, 0.4) is 0 Å². The van der Waals surface area contributed by atoms with Crippen LogP contribution >= 0.6 is 0 Å². The lowest BCUT2D eigenvalue weighted by atomic mass is 9.96. The lowest BCUT2D eigenvalue weighted by molar-refractivity contribution is 0.0989. The smallest absolute Gasteiger partial charge is 0.258 e. The summed E-state index contributed by atoms with van der Waals surface area (Å²) < 4.78 is 19.3. The van der Waals surface area contributed by atoms with Gasteiger partial charge in [0.1, 0.15) is 5.82 Å². The normalized spacial score (nSPS) is 19.9. The zero-order valence-electron chi connectivity index (χ0n) is 12.8. The summed E-state index contributed by atoms with van der Waals surface area (Å²) in [5.74, 6) is 0.0795. The van der Waals surface area contributed by atoms with Crippen molar-refractivity contribution in [3.05, 3.63) is 65.0 Å². The molecule has 2 aliphatic rings. The Balaban J connectivity index is 1.63. The van der Waals surface area contributed by atoms with Crippen LogP contribution in [-0.4, -0.2) is 25.7 Å². The molecule has 23 heavy (non-hydrogen) atoms. The van der Waals surface area contributed by atoms with E-state index in [0.717, 1.165) is 25.2 Å². The zero-order chi connectivity index (χ0) is 15.8. The number of fused-ring (bicyclic) bond motifs is 1. The second kappa shape index (κ2) is 5.78. The SMILES string of the molecule is O=C(c1cccc(C2CCOC2)c1)N1CCc2c(F)cccc21. The average molecular weight is 311 g/mol. The van der Waals surface area contributed by atoms with Crippen molar-refractivity contribution in [2.75, 3.05) is 24.7 Å². The molecule has 0 aliphatic carbocycles. The summed E-state index contributed by atoms with van der Waals surface area (Å²) in [7, 11) is 0. The van der Waals surface area contributed by atoms with Gasteiger partial charge in [0, 0.05) is 30.2 Å². The lowest BCUT2D eigenvalue weighted by Gasteiger charge is -2.18. The van der Waals surface area contributed by atoms with Crippen molar-refractivity contribution in [3.8, 4) is 0 Å². The van der Waals surface area contributed by atoms with Gasteiger partial charge in [-0.3, -0.25) is 4.79 Å². The van der Waals surface area contributed by atoms with E-state index < -0.39 is 0 Å². The van der Waals surface area contributed by atoms with E-state index in [-0.39, 0.29) is 11.7 Å². The number of nitrogens with zero attached hydrogens (tertiary/aromatic N) is 1. The van der Waals surface area contributed by atoms with Gasteiger partial charge >= 0.3 is 0 Å². The Morgan fingerprint density at radius 1 is 1.22 bits per heavy atom.